The maximum absolute atomic E-state index is 11.3. The van der Waals surface area contributed by atoms with Crippen LogP contribution >= 0.6 is 0 Å². The van der Waals surface area contributed by atoms with Crippen molar-refractivity contribution in [1.29, 1.82) is 0 Å². The molecular weight excluding hydrogens is 186 g/mol. The van der Waals surface area contributed by atoms with E-state index in [2.05, 4.69) is 4.74 Å². The van der Waals surface area contributed by atoms with E-state index in [1.807, 2.05) is 0 Å². The van der Waals surface area contributed by atoms with Crippen molar-refractivity contribution < 1.29 is 19.1 Å². The van der Waals surface area contributed by atoms with Gasteiger partial charge in [0.1, 0.15) is 0 Å². The molecule has 1 amide bonds. The van der Waals surface area contributed by atoms with Crippen LogP contribution in [-0.4, -0.2) is 42.3 Å². The highest BCUT2D eigenvalue weighted by molar-refractivity contribution is 5.89. The number of amides is 1. The molecule has 0 aromatic carbocycles. The molecule has 1 heterocycles. The first-order chi connectivity index (χ1) is 6.46. The van der Waals surface area contributed by atoms with Crippen LogP contribution in [0.2, 0.25) is 0 Å². The van der Waals surface area contributed by atoms with Gasteiger partial charge in [-0.1, -0.05) is 0 Å². The summed E-state index contributed by atoms with van der Waals surface area (Å²) >= 11 is 0. The second-order valence-corrected chi connectivity index (χ2v) is 3.65. The Kier molecular flexibility index (Phi) is 2.69. The predicted octanol–water partition coefficient (Wildman–Crippen LogP) is 0.779. The molecule has 0 aromatic heterocycles. The molecule has 1 unspecified atom stereocenters. The third-order valence-corrected chi connectivity index (χ3v) is 2.37. The van der Waals surface area contributed by atoms with E-state index in [0.717, 1.165) is 0 Å². The number of hydrogen-bond acceptors (Lipinski definition) is 4. The first kappa shape index (κ1) is 10.8. The minimum absolute atomic E-state index is 0.305. The van der Waals surface area contributed by atoms with E-state index in [4.69, 9.17) is 4.74 Å². The van der Waals surface area contributed by atoms with Crippen LogP contribution in [0.15, 0.2) is 0 Å². The lowest BCUT2D eigenvalue weighted by molar-refractivity contribution is -0.140. The van der Waals surface area contributed by atoms with Gasteiger partial charge in [0, 0.05) is 0 Å². The highest BCUT2D eigenvalue weighted by Gasteiger charge is 2.64. The molecule has 1 rings (SSSR count). The van der Waals surface area contributed by atoms with E-state index >= 15 is 0 Å². The Morgan fingerprint density at radius 3 is 2.43 bits per heavy atom. The Morgan fingerprint density at radius 2 is 2.00 bits per heavy atom. The average molecular weight is 201 g/mol. The van der Waals surface area contributed by atoms with E-state index in [-0.39, 0.29) is 0 Å². The van der Waals surface area contributed by atoms with Gasteiger partial charge in [0.2, 0.25) is 0 Å². The zero-order chi connectivity index (χ0) is 10.9. The van der Waals surface area contributed by atoms with E-state index in [1.54, 1.807) is 20.8 Å². The highest BCUT2D eigenvalue weighted by atomic mass is 16.6. The first-order valence-electron chi connectivity index (χ1n) is 4.50. The molecule has 0 bridgehead atoms. The molecule has 1 aliphatic heterocycles. The monoisotopic (exact) mass is 201 g/mol. The molecule has 5 heteroatoms. The number of esters is 1. The van der Waals surface area contributed by atoms with Crippen LogP contribution < -0.4 is 0 Å². The summed E-state index contributed by atoms with van der Waals surface area (Å²) in [6.45, 7) is 5.62. The van der Waals surface area contributed by atoms with Crippen LogP contribution in [0.3, 0.4) is 0 Å². The largest absolute Gasteiger partial charge is 0.467 e. The summed E-state index contributed by atoms with van der Waals surface area (Å²) in [6, 6.07) is -0.508. The van der Waals surface area contributed by atoms with Gasteiger partial charge in [-0.2, -0.15) is 0 Å². The summed E-state index contributed by atoms with van der Waals surface area (Å²) in [5, 5.41) is 0. The van der Waals surface area contributed by atoms with Crippen molar-refractivity contribution in [3.05, 3.63) is 0 Å². The standard InChI is InChI=1S/C9H15NO4/c1-5-14-8(12)10-6(7(11)13-4)9(10,2)3/h6H,5H2,1-4H3. The Balaban J connectivity index is 2.65. The summed E-state index contributed by atoms with van der Waals surface area (Å²) in [4.78, 5) is 24.0. The van der Waals surface area contributed by atoms with Gasteiger partial charge in [0.25, 0.3) is 0 Å². The summed E-state index contributed by atoms with van der Waals surface area (Å²) < 4.78 is 9.39. The lowest BCUT2D eigenvalue weighted by Gasteiger charge is -2.05. The van der Waals surface area contributed by atoms with Crippen LogP contribution in [0.5, 0.6) is 0 Å². The Labute approximate surface area is 83.0 Å². The van der Waals surface area contributed by atoms with Gasteiger partial charge in [-0.15, -0.1) is 0 Å². The minimum Gasteiger partial charge on any atom is -0.467 e. The van der Waals surface area contributed by atoms with E-state index in [0.29, 0.717) is 6.61 Å². The second kappa shape index (κ2) is 3.48. The molecular formula is C9H15NO4. The molecule has 0 aliphatic carbocycles. The molecule has 1 aliphatic rings. The maximum Gasteiger partial charge on any atom is 0.411 e. The Hall–Kier alpha value is -1.26. The zero-order valence-electron chi connectivity index (χ0n) is 8.86. The number of nitrogens with zero attached hydrogens (tertiary/aromatic N) is 1. The Morgan fingerprint density at radius 1 is 1.43 bits per heavy atom. The fourth-order valence-corrected chi connectivity index (χ4v) is 1.52. The molecule has 0 aromatic rings. The molecule has 14 heavy (non-hydrogen) atoms. The quantitative estimate of drug-likeness (QED) is 0.489. The van der Waals surface area contributed by atoms with Crippen molar-refractivity contribution in [1.82, 2.24) is 4.90 Å². The fourth-order valence-electron chi connectivity index (χ4n) is 1.52. The number of ether oxygens (including phenoxy) is 2. The lowest BCUT2D eigenvalue weighted by Crippen LogP contribution is -2.20. The molecule has 0 radical (unpaired) electrons. The number of carbonyl (C=O) groups excluding carboxylic acids is 2. The number of hydrogen-bond donors (Lipinski definition) is 0. The van der Waals surface area contributed by atoms with Gasteiger partial charge in [-0.25, -0.2) is 9.59 Å². The average Bonchev–Trinajstić information content (AvgIpc) is 2.68. The summed E-state index contributed by atoms with van der Waals surface area (Å²) in [7, 11) is 1.31. The molecule has 0 spiro atoms. The number of carbonyl (C=O) groups is 2. The topological polar surface area (TPSA) is 55.6 Å². The summed E-state index contributed by atoms with van der Waals surface area (Å²) in [6.07, 6.45) is -0.465. The van der Waals surface area contributed by atoms with Gasteiger partial charge in [-0.05, 0) is 20.8 Å². The van der Waals surface area contributed by atoms with Crippen LogP contribution in [-0.2, 0) is 14.3 Å². The van der Waals surface area contributed by atoms with Gasteiger partial charge in [0.15, 0.2) is 6.04 Å². The van der Waals surface area contributed by atoms with Crippen LogP contribution in [0, 0.1) is 0 Å². The van der Waals surface area contributed by atoms with Gasteiger partial charge >= 0.3 is 12.1 Å². The van der Waals surface area contributed by atoms with E-state index < -0.39 is 23.6 Å². The smallest absolute Gasteiger partial charge is 0.411 e. The lowest BCUT2D eigenvalue weighted by atomic mass is 10.1. The highest BCUT2D eigenvalue weighted by Crippen LogP contribution is 2.41. The van der Waals surface area contributed by atoms with Crippen LogP contribution in [0.25, 0.3) is 0 Å². The van der Waals surface area contributed by atoms with Crippen molar-refractivity contribution >= 4 is 12.1 Å². The second-order valence-electron chi connectivity index (χ2n) is 3.65. The third-order valence-electron chi connectivity index (χ3n) is 2.37. The van der Waals surface area contributed by atoms with Crippen molar-refractivity contribution in [2.75, 3.05) is 13.7 Å². The maximum atomic E-state index is 11.3. The van der Waals surface area contributed by atoms with Crippen molar-refractivity contribution in [2.45, 2.75) is 32.4 Å². The minimum atomic E-state index is -0.508. The van der Waals surface area contributed by atoms with E-state index in [1.165, 1.54) is 12.0 Å². The molecule has 1 saturated heterocycles. The molecule has 1 atom stereocenters. The number of rotatable bonds is 2. The predicted molar refractivity (Wildman–Crippen MR) is 48.7 cm³/mol. The molecule has 5 nitrogen and oxygen atoms in total. The van der Waals surface area contributed by atoms with Crippen LogP contribution in [0.4, 0.5) is 4.79 Å². The van der Waals surface area contributed by atoms with Crippen molar-refractivity contribution in [3.63, 3.8) is 0 Å². The first-order valence-corrected chi connectivity index (χ1v) is 4.50. The Bertz CT molecular complexity index is 262. The normalized spacial score (nSPS) is 22.9. The summed E-state index contributed by atoms with van der Waals surface area (Å²) in [5.41, 5.74) is -0.487. The molecule has 80 valence electrons. The SMILES string of the molecule is CCOC(=O)N1C(C(=O)OC)C1(C)C. The molecule has 0 N–H and O–H groups in total. The van der Waals surface area contributed by atoms with Gasteiger partial charge < -0.3 is 9.47 Å². The number of methoxy groups -OCH3 is 1. The molecule has 1 fully saturated rings. The van der Waals surface area contributed by atoms with Crippen LogP contribution in [0.1, 0.15) is 20.8 Å². The van der Waals surface area contributed by atoms with E-state index in [9.17, 15) is 9.59 Å². The van der Waals surface area contributed by atoms with Gasteiger partial charge in [-0.3, -0.25) is 4.90 Å². The molecule has 0 saturated carbocycles. The van der Waals surface area contributed by atoms with Crippen molar-refractivity contribution in [2.24, 2.45) is 0 Å². The van der Waals surface area contributed by atoms with Crippen molar-refractivity contribution in [3.8, 4) is 0 Å². The zero-order valence-corrected chi connectivity index (χ0v) is 8.86. The fraction of sp³-hybridized carbons (Fsp3) is 0.778. The third kappa shape index (κ3) is 1.54. The van der Waals surface area contributed by atoms with Gasteiger partial charge in [0.05, 0.1) is 19.3 Å². The summed E-state index contributed by atoms with van der Waals surface area (Å²) in [5.74, 6) is -0.400.